The molecule has 0 bridgehead atoms. The molecule has 0 aliphatic carbocycles. The third-order valence-electron chi connectivity index (χ3n) is 19.9. The summed E-state index contributed by atoms with van der Waals surface area (Å²) in [5.74, 6) is 5.56. The SMILES string of the molecule is COc1ccc(-c2n/c(=N/Cc3cccnc3)sn2-c2ccccc2)cc1.COc1ccc(-n2s/c(=N\Cc3cccnc3)nc2-c2ccccc2)cc1.FC(F)(F)c1ccc(-c2n/c(=N/Cc3cccnc3)sn2-c2ccccc2)cc1.O=[N+]([O-])c1ccc(-n2s/c(=N\Cc3cccnc3)nc2-c2ccccc2)cc1.c1ccc(-c2n/c(=N/Cc3cccnc3)sn2-c2ccccc2)cc1. The van der Waals surface area contributed by atoms with Crippen molar-refractivity contribution in [1.82, 2.24) is 69.6 Å². The third-order valence-corrected chi connectivity index (χ3v) is 24.7. The Kier molecular flexibility index (Phi) is 31.8. The van der Waals surface area contributed by atoms with E-state index in [-0.39, 0.29) is 5.69 Å². The molecule has 674 valence electrons. The van der Waals surface area contributed by atoms with Crippen LogP contribution in [0.3, 0.4) is 0 Å². The van der Waals surface area contributed by atoms with E-state index < -0.39 is 16.7 Å². The molecule has 0 unspecified atom stereocenters. The summed E-state index contributed by atoms with van der Waals surface area (Å²) < 4.78 is 59.3. The molecule has 0 aliphatic heterocycles. The topological polar surface area (TPSA) is 277 Å². The normalized spacial score (nSPS) is 11.7. The number of hydrogen-bond acceptors (Lipinski definition) is 24. The van der Waals surface area contributed by atoms with Crippen LogP contribution in [0.15, 0.2) is 427 Å². The zero-order valence-electron chi connectivity index (χ0n) is 72.8. The number of para-hydroxylation sites is 3. The predicted molar refractivity (Wildman–Crippen MR) is 527 cm³/mol. The second kappa shape index (κ2) is 46.6. The summed E-state index contributed by atoms with van der Waals surface area (Å²) in [4.78, 5) is 81.2. The van der Waals surface area contributed by atoms with Gasteiger partial charge in [-0.3, -0.25) is 60.0 Å². The van der Waals surface area contributed by atoms with Crippen LogP contribution in [-0.2, 0) is 38.9 Å². The summed E-state index contributed by atoms with van der Waals surface area (Å²) in [5, 5.41) is 10.9. The van der Waals surface area contributed by atoms with Gasteiger partial charge in [0, 0.05) is 102 Å². The van der Waals surface area contributed by atoms with Crippen LogP contribution < -0.4 is 33.5 Å². The minimum absolute atomic E-state index is 0.0524. The molecule has 0 saturated carbocycles. The van der Waals surface area contributed by atoms with Crippen molar-refractivity contribution in [1.29, 1.82) is 0 Å². The molecule has 20 rings (SSSR count). The van der Waals surface area contributed by atoms with E-state index in [1.165, 1.54) is 70.4 Å². The van der Waals surface area contributed by atoms with Crippen LogP contribution in [0.25, 0.3) is 85.4 Å². The molecular weight excluding hydrogens is 1810 g/mol. The van der Waals surface area contributed by atoms with Crippen LogP contribution >= 0.6 is 57.7 Å². The Morgan fingerprint density at radius 3 is 0.735 bits per heavy atom. The Hall–Kier alpha value is -16.5. The molecule has 0 saturated heterocycles. The highest BCUT2D eigenvalue weighted by molar-refractivity contribution is 7.05. The molecular formula is C103H82F3N21O4S5. The largest absolute Gasteiger partial charge is 0.497 e. The number of non-ortho nitro benzene ring substituents is 1. The molecule has 0 atom stereocenters. The van der Waals surface area contributed by atoms with Gasteiger partial charge in [0.25, 0.3) is 5.69 Å². The van der Waals surface area contributed by atoms with Gasteiger partial charge in [0.05, 0.1) is 85.9 Å². The Balaban J connectivity index is 0.000000123. The van der Waals surface area contributed by atoms with Crippen LogP contribution in [0, 0.1) is 10.1 Å². The van der Waals surface area contributed by atoms with Crippen molar-refractivity contribution in [2.75, 3.05) is 14.2 Å². The van der Waals surface area contributed by atoms with Crippen LogP contribution in [0.5, 0.6) is 11.5 Å². The van der Waals surface area contributed by atoms with Crippen LogP contribution in [0.4, 0.5) is 18.9 Å². The van der Waals surface area contributed by atoms with Crippen LogP contribution in [0.2, 0.25) is 0 Å². The summed E-state index contributed by atoms with van der Waals surface area (Å²) in [6.45, 7) is 2.58. The fourth-order valence-electron chi connectivity index (χ4n) is 13.2. The average Bonchev–Trinajstić information content (AvgIpc) is 1.70. The zero-order chi connectivity index (χ0) is 93.5. The first kappa shape index (κ1) is 92.8. The summed E-state index contributed by atoms with van der Waals surface area (Å²) in [6, 6.07) is 107. The average molecular weight is 1900 g/mol. The van der Waals surface area contributed by atoms with Gasteiger partial charge in [0.2, 0.25) is 24.0 Å². The Bertz CT molecular complexity index is 7320. The second-order valence-electron chi connectivity index (χ2n) is 29.3. The Morgan fingerprint density at radius 1 is 0.287 bits per heavy atom. The number of alkyl halides is 3. The monoisotopic (exact) mass is 1890 g/mol. The minimum Gasteiger partial charge on any atom is -0.497 e. The first-order chi connectivity index (χ1) is 66.8. The van der Waals surface area contributed by atoms with Gasteiger partial charge in [-0.1, -0.05) is 188 Å². The number of pyridine rings is 5. The highest BCUT2D eigenvalue weighted by Gasteiger charge is 2.30. The van der Waals surface area contributed by atoms with Gasteiger partial charge < -0.3 is 9.47 Å². The van der Waals surface area contributed by atoms with E-state index in [1.807, 2.05) is 269 Å². The van der Waals surface area contributed by atoms with Crippen LogP contribution in [-0.4, -0.2) is 88.8 Å². The number of nitro groups is 1. The molecule has 0 aliphatic rings. The molecule has 10 heterocycles. The van der Waals surface area contributed by atoms with Gasteiger partial charge in [-0.25, -0.2) is 19.8 Å². The summed E-state index contributed by atoms with van der Waals surface area (Å²) in [5.41, 5.74) is 14.0. The zero-order valence-corrected chi connectivity index (χ0v) is 76.9. The predicted octanol–water partition coefficient (Wildman–Crippen LogP) is 21.4. The van der Waals surface area contributed by atoms with Gasteiger partial charge in [0.15, 0.2) is 29.1 Å². The van der Waals surface area contributed by atoms with Crippen molar-refractivity contribution in [3.8, 4) is 96.9 Å². The van der Waals surface area contributed by atoms with Crippen molar-refractivity contribution in [2.24, 2.45) is 25.0 Å². The molecule has 0 spiro atoms. The molecule has 0 radical (unpaired) electrons. The van der Waals surface area contributed by atoms with E-state index in [0.717, 1.165) is 140 Å². The number of nitrogens with zero attached hydrogens (tertiary/aromatic N) is 21. The number of nitro benzene ring substituents is 1. The van der Waals surface area contributed by atoms with Crippen molar-refractivity contribution < 1.29 is 27.6 Å². The lowest BCUT2D eigenvalue weighted by molar-refractivity contribution is -0.384. The van der Waals surface area contributed by atoms with E-state index in [1.54, 1.807) is 81.3 Å². The molecule has 10 aromatic carbocycles. The number of ether oxygens (including phenoxy) is 2. The van der Waals surface area contributed by atoms with Gasteiger partial charge >= 0.3 is 6.18 Å². The number of halogens is 3. The smallest absolute Gasteiger partial charge is 0.416 e. The summed E-state index contributed by atoms with van der Waals surface area (Å²) in [7, 11) is 3.33. The number of benzene rings is 10. The molecule has 136 heavy (non-hydrogen) atoms. The van der Waals surface area contributed by atoms with Gasteiger partial charge in [0.1, 0.15) is 11.5 Å². The number of hydrogen-bond donors (Lipinski definition) is 0. The third kappa shape index (κ3) is 25.4. The second-order valence-corrected chi connectivity index (χ2v) is 33.8. The number of aromatic nitrogens is 15. The standard InChI is InChI=1S/C21H15F3N4S.2C21H18N4OS.C20H15N5O2S.C20H16N4S/c22-21(23,24)17-10-8-16(9-11-17)19-27-20(26-14-15-5-4-12-25-13-15)29-28(19)18-6-2-1-3-7-18;1-26-19-11-9-17(10-12-19)20-24-21(23-15-16-6-5-13-22-14-16)27-25(20)18-7-3-2-4-8-18;1-26-19-11-9-18(10-12-19)25-20(17-7-3-2-4-8-17)24-21(27-25)23-15-16-6-5-13-22-14-16;26-25(27)18-10-8-17(9-11-18)24-19(16-6-2-1-3-7-16)23-20(28-24)22-14-15-5-4-12-21-13-15;1-3-9-17(10-4-1)19-23-20(22-15-16-8-7-13-21-14-16)25-24(19)18-11-5-2-6-12-18/h1-13H,14H2;2*2-14H,15H2,1H3;1-13H,14H2;1-14H,15H2/b26-20-;2*23-21-;2*22-20-. The first-order valence-corrected chi connectivity index (χ1v) is 46.2. The fraction of sp³-hybridized carbons (Fsp3) is 0.0777. The van der Waals surface area contributed by atoms with Crippen molar-refractivity contribution in [2.45, 2.75) is 38.9 Å². The Morgan fingerprint density at radius 2 is 0.507 bits per heavy atom. The molecule has 10 aromatic heterocycles. The summed E-state index contributed by atoms with van der Waals surface area (Å²) >= 11 is 7.31. The van der Waals surface area contributed by atoms with Gasteiger partial charge in [-0.2, -0.15) is 38.1 Å². The number of methoxy groups -OCH3 is 2. The minimum atomic E-state index is -4.37. The molecule has 0 N–H and O–H groups in total. The van der Waals surface area contributed by atoms with Crippen molar-refractivity contribution >= 4 is 63.3 Å². The molecule has 0 fully saturated rings. The maximum atomic E-state index is 12.9. The number of rotatable bonds is 23. The highest BCUT2D eigenvalue weighted by Crippen LogP contribution is 2.34. The fourth-order valence-corrected chi connectivity index (χ4v) is 17.6. The van der Waals surface area contributed by atoms with E-state index >= 15 is 0 Å². The molecule has 20 aromatic rings. The van der Waals surface area contributed by atoms with Crippen molar-refractivity contribution in [3.63, 3.8) is 0 Å². The van der Waals surface area contributed by atoms with Crippen molar-refractivity contribution in [3.05, 3.63) is 469 Å². The highest BCUT2D eigenvalue weighted by atomic mass is 32.1. The molecule has 33 heteroatoms. The lowest BCUT2D eigenvalue weighted by Crippen LogP contribution is -2.04. The lowest BCUT2D eigenvalue weighted by Gasteiger charge is -2.09. The molecule has 25 nitrogen and oxygen atoms in total. The maximum Gasteiger partial charge on any atom is 0.416 e. The summed E-state index contributed by atoms with van der Waals surface area (Å²) in [6.07, 6.45) is 13.3. The lowest BCUT2D eigenvalue weighted by atomic mass is 10.1. The van der Waals surface area contributed by atoms with E-state index in [2.05, 4.69) is 120 Å². The van der Waals surface area contributed by atoms with Gasteiger partial charge in [-0.05, 0) is 225 Å². The first-order valence-electron chi connectivity index (χ1n) is 42.3. The molecule has 0 amide bonds. The van der Waals surface area contributed by atoms with Crippen LogP contribution in [0.1, 0.15) is 33.4 Å². The Labute approximate surface area is 799 Å². The van der Waals surface area contributed by atoms with E-state index in [0.29, 0.717) is 53.7 Å². The van der Waals surface area contributed by atoms with E-state index in [9.17, 15) is 23.3 Å². The quantitative estimate of drug-likeness (QED) is 0.0425. The van der Waals surface area contributed by atoms with Gasteiger partial charge in [-0.15, -0.1) is 0 Å². The maximum absolute atomic E-state index is 12.9. The van der Waals surface area contributed by atoms with E-state index in [4.69, 9.17) is 24.4 Å².